The molecule has 0 fully saturated rings. The van der Waals surface area contributed by atoms with Gasteiger partial charge >= 0.3 is 5.97 Å². The van der Waals surface area contributed by atoms with E-state index >= 15 is 0 Å². The molecule has 0 aliphatic heterocycles. The van der Waals surface area contributed by atoms with Crippen LogP contribution in [0.2, 0.25) is 0 Å². The SMILES string of the molecule is O=C(COC(=O)c1ccccc1OCC(=O)Nc1ccccc1F)Nc1cccc(F)c1. The van der Waals surface area contributed by atoms with Crippen LogP contribution in [-0.2, 0) is 14.3 Å². The van der Waals surface area contributed by atoms with Gasteiger partial charge in [-0.1, -0.05) is 30.3 Å². The van der Waals surface area contributed by atoms with Gasteiger partial charge in [0, 0.05) is 5.69 Å². The van der Waals surface area contributed by atoms with E-state index in [0.29, 0.717) is 0 Å². The number of halogens is 2. The number of ether oxygens (including phenoxy) is 2. The maximum atomic E-state index is 13.6. The molecule has 0 bridgehead atoms. The minimum absolute atomic E-state index is 0.00176. The third-order valence-corrected chi connectivity index (χ3v) is 4.06. The molecule has 0 saturated heterocycles. The summed E-state index contributed by atoms with van der Waals surface area (Å²) in [5.74, 6) is -3.22. The molecule has 0 aliphatic rings. The maximum Gasteiger partial charge on any atom is 0.342 e. The lowest BCUT2D eigenvalue weighted by molar-refractivity contribution is -0.119. The highest BCUT2D eigenvalue weighted by Gasteiger charge is 2.17. The number of hydrogen-bond acceptors (Lipinski definition) is 5. The zero-order chi connectivity index (χ0) is 22.9. The second-order valence-corrected chi connectivity index (χ2v) is 6.45. The van der Waals surface area contributed by atoms with E-state index in [9.17, 15) is 23.2 Å². The second-order valence-electron chi connectivity index (χ2n) is 6.45. The Labute approximate surface area is 182 Å². The van der Waals surface area contributed by atoms with E-state index < -0.39 is 42.6 Å². The van der Waals surface area contributed by atoms with Gasteiger partial charge in [-0.25, -0.2) is 13.6 Å². The summed E-state index contributed by atoms with van der Waals surface area (Å²) in [4.78, 5) is 36.3. The van der Waals surface area contributed by atoms with E-state index in [1.54, 1.807) is 18.2 Å². The van der Waals surface area contributed by atoms with Gasteiger partial charge in [-0.05, 0) is 42.5 Å². The molecule has 0 aliphatic carbocycles. The standard InChI is InChI=1S/C23H18F2N2O5/c24-15-6-5-7-16(12-15)26-21(28)14-32-23(30)17-8-1-4-11-20(17)31-13-22(29)27-19-10-3-2-9-18(19)25/h1-12H,13-14H2,(H,26,28)(H,27,29). The molecule has 0 heterocycles. The molecule has 3 aromatic rings. The van der Waals surface area contributed by atoms with Crippen LogP contribution in [0.3, 0.4) is 0 Å². The molecule has 3 rings (SSSR count). The normalized spacial score (nSPS) is 10.2. The van der Waals surface area contributed by atoms with Crippen LogP contribution in [0.5, 0.6) is 5.75 Å². The lowest BCUT2D eigenvalue weighted by Crippen LogP contribution is -2.23. The van der Waals surface area contributed by atoms with Crippen LogP contribution in [0.4, 0.5) is 20.2 Å². The summed E-state index contributed by atoms with van der Waals surface area (Å²) in [6.45, 7) is -1.10. The van der Waals surface area contributed by atoms with Crippen molar-refractivity contribution >= 4 is 29.2 Å². The van der Waals surface area contributed by atoms with Crippen LogP contribution >= 0.6 is 0 Å². The molecule has 0 radical (unpaired) electrons. The number of carbonyl (C=O) groups excluding carboxylic acids is 3. The summed E-state index contributed by atoms with van der Waals surface area (Å²) in [5, 5.41) is 4.76. The van der Waals surface area contributed by atoms with Crippen LogP contribution in [0.25, 0.3) is 0 Å². The molecule has 0 spiro atoms. The number of hydrogen-bond donors (Lipinski definition) is 2. The van der Waals surface area contributed by atoms with Crippen LogP contribution in [0, 0.1) is 11.6 Å². The summed E-state index contributed by atoms with van der Waals surface area (Å²) in [6.07, 6.45) is 0. The van der Waals surface area contributed by atoms with Crippen LogP contribution in [-0.4, -0.2) is 31.0 Å². The lowest BCUT2D eigenvalue weighted by atomic mass is 10.2. The van der Waals surface area contributed by atoms with Crippen molar-refractivity contribution < 1.29 is 32.6 Å². The monoisotopic (exact) mass is 440 g/mol. The van der Waals surface area contributed by atoms with Crippen molar-refractivity contribution in [3.63, 3.8) is 0 Å². The molecule has 2 N–H and O–H groups in total. The Kier molecular flexibility index (Phi) is 7.47. The first-order chi connectivity index (χ1) is 15.4. The van der Waals surface area contributed by atoms with Gasteiger partial charge in [0.1, 0.15) is 22.9 Å². The minimum atomic E-state index is -0.857. The first-order valence-corrected chi connectivity index (χ1v) is 9.41. The zero-order valence-electron chi connectivity index (χ0n) is 16.6. The molecule has 2 amide bonds. The number of nitrogens with one attached hydrogen (secondary N) is 2. The first-order valence-electron chi connectivity index (χ1n) is 9.41. The van der Waals surface area contributed by atoms with Gasteiger partial charge in [-0.15, -0.1) is 0 Å². The molecular formula is C23H18F2N2O5. The van der Waals surface area contributed by atoms with E-state index in [4.69, 9.17) is 9.47 Å². The van der Waals surface area contributed by atoms with Crippen molar-refractivity contribution in [1.82, 2.24) is 0 Å². The lowest BCUT2D eigenvalue weighted by Gasteiger charge is -2.12. The molecule has 3 aromatic carbocycles. The van der Waals surface area contributed by atoms with Crippen LogP contribution in [0.15, 0.2) is 72.8 Å². The number of benzene rings is 3. The fraction of sp³-hybridized carbons (Fsp3) is 0.0870. The Bertz CT molecular complexity index is 1140. The van der Waals surface area contributed by atoms with E-state index in [2.05, 4.69) is 10.6 Å². The summed E-state index contributed by atoms with van der Waals surface area (Å²) in [5.41, 5.74) is 0.207. The van der Waals surface area contributed by atoms with Gasteiger partial charge in [0.2, 0.25) is 0 Å². The molecule has 0 unspecified atom stereocenters. The zero-order valence-corrected chi connectivity index (χ0v) is 16.6. The van der Waals surface area contributed by atoms with Crippen LogP contribution < -0.4 is 15.4 Å². The predicted molar refractivity (Wildman–Crippen MR) is 112 cm³/mol. The number of anilines is 2. The summed E-state index contributed by atoms with van der Waals surface area (Å²) < 4.78 is 37.1. The first kappa shape index (κ1) is 22.4. The number of para-hydroxylation sites is 2. The van der Waals surface area contributed by atoms with Gasteiger partial charge in [0.05, 0.1) is 5.69 Å². The van der Waals surface area contributed by atoms with E-state index in [0.717, 1.165) is 6.07 Å². The Morgan fingerprint density at radius 1 is 0.781 bits per heavy atom. The van der Waals surface area contributed by atoms with Crippen molar-refractivity contribution in [1.29, 1.82) is 0 Å². The minimum Gasteiger partial charge on any atom is -0.483 e. The van der Waals surface area contributed by atoms with E-state index in [1.165, 1.54) is 48.5 Å². The fourth-order valence-electron chi connectivity index (χ4n) is 2.63. The Morgan fingerprint density at radius 3 is 2.28 bits per heavy atom. The quantitative estimate of drug-likeness (QED) is 0.520. The van der Waals surface area contributed by atoms with E-state index in [-0.39, 0.29) is 22.7 Å². The molecule has 32 heavy (non-hydrogen) atoms. The molecule has 0 saturated carbocycles. The topological polar surface area (TPSA) is 93.7 Å². The Hall–Kier alpha value is -4.27. The van der Waals surface area contributed by atoms with Gasteiger partial charge in [-0.3, -0.25) is 9.59 Å². The smallest absolute Gasteiger partial charge is 0.342 e. The number of rotatable bonds is 8. The third-order valence-electron chi connectivity index (χ3n) is 4.06. The molecule has 0 atom stereocenters. The summed E-state index contributed by atoms with van der Waals surface area (Å²) in [7, 11) is 0. The van der Waals surface area contributed by atoms with Crippen molar-refractivity contribution in [3.8, 4) is 5.75 Å². The van der Waals surface area contributed by atoms with Gasteiger partial charge in [0.25, 0.3) is 11.8 Å². The maximum absolute atomic E-state index is 13.6. The van der Waals surface area contributed by atoms with Crippen molar-refractivity contribution in [2.45, 2.75) is 0 Å². The molecular weight excluding hydrogens is 422 g/mol. The molecule has 164 valence electrons. The summed E-state index contributed by atoms with van der Waals surface area (Å²) in [6, 6.07) is 16.9. The number of carbonyl (C=O) groups is 3. The fourth-order valence-corrected chi connectivity index (χ4v) is 2.63. The van der Waals surface area contributed by atoms with Crippen LogP contribution in [0.1, 0.15) is 10.4 Å². The number of amides is 2. The van der Waals surface area contributed by atoms with E-state index in [1.807, 2.05) is 0 Å². The Balaban J connectivity index is 1.54. The average molecular weight is 440 g/mol. The highest BCUT2D eigenvalue weighted by atomic mass is 19.1. The van der Waals surface area contributed by atoms with Gasteiger partial charge in [0.15, 0.2) is 13.2 Å². The summed E-state index contributed by atoms with van der Waals surface area (Å²) >= 11 is 0. The van der Waals surface area contributed by atoms with Gasteiger partial charge < -0.3 is 20.1 Å². The van der Waals surface area contributed by atoms with Gasteiger partial charge in [-0.2, -0.15) is 0 Å². The van der Waals surface area contributed by atoms with Crippen molar-refractivity contribution in [2.75, 3.05) is 23.8 Å². The highest BCUT2D eigenvalue weighted by Crippen LogP contribution is 2.19. The highest BCUT2D eigenvalue weighted by molar-refractivity contribution is 5.97. The average Bonchev–Trinajstić information content (AvgIpc) is 2.78. The predicted octanol–water partition coefficient (Wildman–Crippen LogP) is 3.78. The molecule has 0 aromatic heterocycles. The third kappa shape index (κ3) is 6.36. The van der Waals surface area contributed by atoms with Crippen molar-refractivity contribution in [3.05, 3.63) is 90.0 Å². The molecule has 9 heteroatoms. The molecule has 7 nitrogen and oxygen atoms in total. The van der Waals surface area contributed by atoms with Crippen molar-refractivity contribution in [2.24, 2.45) is 0 Å². The Morgan fingerprint density at radius 2 is 1.50 bits per heavy atom. The largest absolute Gasteiger partial charge is 0.483 e. The number of esters is 1. The second kappa shape index (κ2) is 10.7.